The number of benzene rings is 1. The molecular weight excluding hydrogens is 218 g/mol. The molecule has 0 unspecified atom stereocenters. The first-order chi connectivity index (χ1) is 8.33. The van der Waals surface area contributed by atoms with Gasteiger partial charge in [0.25, 0.3) is 0 Å². The number of aromatic amines is 1. The van der Waals surface area contributed by atoms with Crippen LogP contribution in [0, 0.1) is 0 Å². The molecule has 6 nitrogen and oxygen atoms in total. The normalized spacial score (nSPS) is 14.9. The maximum atomic E-state index is 5.67. The van der Waals surface area contributed by atoms with Crippen LogP contribution in [0.25, 0.3) is 0 Å². The van der Waals surface area contributed by atoms with Gasteiger partial charge < -0.3 is 15.4 Å². The van der Waals surface area contributed by atoms with E-state index < -0.39 is 0 Å². The van der Waals surface area contributed by atoms with E-state index in [0.717, 1.165) is 24.4 Å². The molecule has 3 N–H and O–H groups in total. The molecule has 1 aromatic carbocycles. The summed E-state index contributed by atoms with van der Waals surface area (Å²) in [5, 5.41) is 6.71. The molecule has 0 amide bonds. The number of nitrogens with zero attached hydrogens (tertiary/aromatic N) is 3. The molecule has 88 valence electrons. The van der Waals surface area contributed by atoms with Crippen molar-refractivity contribution in [2.75, 3.05) is 23.8 Å². The van der Waals surface area contributed by atoms with Crippen LogP contribution in [0.4, 0.5) is 11.9 Å². The highest BCUT2D eigenvalue weighted by Crippen LogP contribution is 2.24. The van der Waals surface area contributed by atoms with Gasteiger partial charge in [-0.25, -0.2) is 5.10 Å². The van der Waals surface area contributed by atoms with Gasteiger partial charge in [0.1, 0.15) is 12.4 Å². The number of aromatic nitrogens is 3. The topological polar surface area (TPSA) is 80.1 Å². The third-order valence-corrected chi connectivity index (χ3v) is 2.73. The molecule has 0 atom stereocenters. The zero-order valence-electron chi connectivity index (χ0n) is 9.26. The molecule has 0 bridgehead atoms. The summed E-state index contributed by atoms with van der Waals surface area (Å²) in [5.41, 5.74) is 6.66. The van der Waals surface area contributed by atoms with Gasteiger partial charge in [-0.05, 0) is 6.07 Å². The molecule has 0 saturated heterocycles. The highest BCUT2D eigenvalue weighted by molar-refractivity contribution is 5.41. The van der Waals surface area contributed by atoms with E-state index in [2.05, 4.69) is 15.2 Å². The van der Waals surface area contributed by atoms with Gasteiger partial charge in [-0.2, -0.15) is 4.98 Å². The highest BCUT2D eigenvalue weighted by atomic mass is 16.5. The van der Waals surface area contributed by atoms with Crippen molar-refractivity contribution >= 4 is 11.9 Å². The molecule has 6 heteroatoms. The molecule has 0 spiro atoms. The lowest BCUT2D eigenvalue weighted by atomic mass is 10.2. The average Bonchev–Trinajstić information content (AvgIpc) is 2.65. The molecule has 0 saturated carbocycles. The summed E-state index contributed by atoms with van der Waals surface area (Å²) < 4.78 is 5.67. The van der Waals surface area contributed by atoms with E-state index in [0.29, 0.717) is 18.5 Å². The van der Waals surface area contributed by atoms with Crippen molar-refractivity contribution in [2.45, 2.75) is 6.54 Å². The van der Waals surface area contributed by atoms with E-state index in [9.17, 15) is 0 Å². The number of fused-ring (bicyclic) bond motifs is 1. The molecular formula is C11H13N5O. The maximum absolute atomic E-state index is 5.67. The minimum atomic E-state index is 0.332. The van der Waals surface area contributed by atoms with Crippen LogP contribution in [0.2, 0.25) is 0 Å². The molecule has 17 heavy (non-hydrogen) atoms. The zero-order valence-corrected chi connectivity index (χ0v) is 9.26. The van der Waals surface area contributed by atoms with Crippen molar-refractivity contribution in [2.24, 2.45) is 0 Å². The number of anilines is 2. The lowest BCUT2D eigenvalue weighted by molar-refractivity contribution is 0.331. The number of hydrogen-bond acceptors (Lipinski definition) is 5. The van der Waals surface area contributed by atoms with Crippen molar-refractivity contribution in [1.29, 1.82) is 0 Å². The third kappa shape index (κ3) is 1.89. The Balaban J connectivity index is 1.90. The lowest BCUT2D eigenvalue weighted by Gasteiger charge is -2.16. The SMILES string of the molecule is Nc1nc(N2CCOc3ccccc3C2)n[nH]1. The molecule has 0 aliphatic carbocycles. The molecule has 3 rings (SSSR count). The largest absolute Gasteiger partial charge is 0.491 e. The van der Waals surface area contributed by atoms with Gasteiger partial charge >= 0.3 is 0 Å². The molecule has 2 heterocycles. The standard InChI is InChI=1S/C11H13N5O/c12-10-13-11(15-14-10)16-5-6-17-9-4-2-1-3-8(9)7-16/h1-4H,5-7H2,(H3,12,13,14,15). The Kier molecular flexibility index (Phi) is 2.32. The Morgan fingerprint density at radius 2 is 2.24 bits per heavy atom. The quantitative estimate of drug-likeness (QED) is 0.758. The molecule has 1 aromatic heterocycles. The Morgan fingerprint density at radius 3 is 3.06 bits per heavy atom. The van der Waals surface area contributed by atoms with Crippen LogP contribution in [-0.4, -0.2) is 28.3 Å². The summed E-state index contributed by atoms with van der Waals surface area (Å²) in [4.78, 5) is 6.17. The van der Waals surface area contributed by atoms with E-state index in [1.807, 2.05) is 29.2 Å². The number of ether oxygens (including phenoxy) is 1. The zero-order chi connectivity index (χ0) is 11.7. The first-order valence-electron chi connectivity index (χ1n) is 5.46. The van der Waals surface area contributed by atoms with Crippen LogP contribution < -0.4 is 15.4 Å². The fourth-order valence-electron chi connectivity index (χ4n) is 1.90. The summed E-state index contributed by atoms with van der Waals surface area (Å²) in [6.45, 7) is 2.09. The van der Waals surface area contributed by atoms with Crippen LogP contribution >= 0.6 is 0 Å². The number of para-hydroxylation sites is 1. The second kappa shape index (κ2) is 3.97. The molecule has 1 aliphatic rings. The number of rotatable bonds is 1. The Labute approximate surface area is 98.4 Å². The number of H-pyrrole nitrogens is 1. The molecule has 1 aliphatic heterocycles. The first-order valence-corrected chi connectivity index (χ1v) is 5.46. The number of nitrogens with one attached hydrogen (secondary N) is 1. The second-order valence-electron chi connectivity index (χ2n) is 3.90. The number of hydrogen-bond donors (Lipinski definition) is 2. The van der Waals surface area contributed by atoms with Gasteiger partial charge in [-0.3, -0.25) is 0 Å². The highest BCUT2D eigenvalue weighted by Gasteiger charge is 2.17. The Bertz CT molecular complexity index is 524. The monoisotopic (exact) mass is 231 g/mol. The fourth-order valence-corrected chi connectivity index (χ4v) is 1.90. The van der Waals surface area contributed by atoms with E-state index in [1.165, 1.54) is 0 Å². The average molecular weight is 231 g/mol. The molecule has 0 radical (unpaired) electrons. The van der Waals surface area contributed by atoms with E-state index >= 15 is 0 Å². The lowest BCUT2D eigenvalue weighted by Crippen LogP contribution is -2.26. The minimum Gasteiger partial charge on any atom is -0.491 e. The van der Waals surface area contributed by atoms with E-state index in [4.69, 9.17) is 10.5 Å². The molecule has 0 fully saturated rings. The van der Waals surface area contributed by atoms with Crippen LogP contribution in [0.1, 0.15) is 5.56 Å². The molecule has 2 aromatic rings. The first kappa shape index (κ1) is 9.95. The number of nitrogen functional groups attached to an aromatic ring is 1. The van der Waals surface area contributed by atoms with Crippen molar-refractivity contribution in [3.05, 3.63) is 29.8 Å². The maximum Gasteiger partial charge on any atom is 0.246 e. The van der Waals surface area contributed by atoms with Crippen LogP contribution in [0.15, 0.2) is 24.3 Å². The van der Waals surface area contributed by atoms with Gasteiger partial charge in [-0.15, -0.1) is 5.10 Å². The summed E-state index contributed by atoms with van der Waals surface area (Å²) in [5.74, 6) is 1.87. The van der Waals surface area contributed by atoms with Gasteiger partial charge in [0.05, 0.1) is 6.54 Å². The van der Waals surface area contributed by atoms with Crippen LogP contribution in [-0.2, 0) is 6.54 Å². The van der Waals surface area contributed by atoms with Crippen molar-refractivity contribution < 1.29 is 4.74 Å². The van der Waals surface area contributed by atoms with Crippen LogP contribution in [0.3, 0.4) is 0 Å². The van der Waals surface area contributed by atoms with Gasteiger partial charge in [0, 0.05) is 12.1 Å². The second-order valence-corrected chi connectivity index (χ2v) is 3.90. The van der Waals surface area contributed by atoms with Crippen molar-refractivity contribution in [3.8, 4) is 5.75 Å². The van der Waals surface area contributed by atoms with Gasteiger partial charge in [0.2, 0.25) is 11.9 Å². The summed E-state index contributed by atoms with van der Waals surface area (Å²) in [7, 11) is 0. The van der Waals surface area contributed by atoms with Gasteiger partial charge in [-0.1, -0.05) is 18.2 Å². The Hall–Kier alpha value is -2.24. The summed E-state index contributed by atoms with van der Waals surface area (Å²) >= 11 is 0. The van der Waals surface area contributed by atoms with Crippen molar-refractivity contribution in [3.63, 3.8) is 0 Å². The third-order valence-electron chi connectivity index (χ3n) is 2.73. The fraction of sp³-hybridized carbons (Fsp3) is 0.273. The predicted molar refractivity (Wildman–Crippen MR) is 63.8 cm³/mol. The Morgan fingerprint density at radius 1 is 1.35 bits per heavy atom. The van der Waals surface area contributed by atoms with Crippen molar-refractivity contribution in [1.82, 2.24) is 15.2 Å². The summed E-state index contributed by atoms with van der Waals surface area (Å²) in [6, 6.07) is 7.99. The predicted octanol–water partition coefficient (Wildman–Crippen LogP) is 0.786. The minimum absolute atomic E-state index is 0.332. The van der Waals surface area contributed by atoms with Crippen LogP contribution in [0.5, 0.6) is 5.75 Å². The smallest absolute Gasteiger partial charge is 0.246 e. The van der Waals surface area contributed by atoms with E-state index in [-0.39, 0.29) is 0 Å². The van der Waals surface area contributed by atoms with Gasteiger partial charge in [0.15, 0.2) is 0 Å². The van der Waals surface area contributed by atoms with E-state index in [1.54, 1.807) is 0 Å². The number of nitrogens with two attached hydrogens (primary N) is 1. The summed E-state index contributed by atoms with van der Waals surface area (Å²) in [6.07, 6.45) is 0.